The summed E-state index contributed by atoms with van der Waals surface area (Å²) in [6.45, 7) is 5.03. The Labute approximate surface area is 113 Å². The zero-order valence-corrected chi connectivity index (χ0v) is 11.3. The Morgan fingerprint density at radius 3 is 2.84 bits per heavy atom. The number of para-hydroxylation sites is 1. The molecule has 0 fully saturated rings. The molecular weight excluding hydrogens is 236 g/mol. The van der Waals surface area contributed by atoms with Crippen LogP contribution >= 0.6 is 0 Å². The van der Waals surface area contributed by atoms with Crippen molar-refractivity contribution in [2.75, 3.05) is 0 Å². The maximum absolute atomic E-state index is 6.02. The zero-order chi connectivity index (χ0) is 13.3. The van der Waals surface area contributed by atoms with Gasteiger partial charge in [-0.15, -0.1) is 0 Å². The molecule has 2 heterocycles. The van der Waals surface area contributed by atoms with E-state index in [1.165, 1.54) is 11.1 Å². The molecule has 1 unspecified atom stereocenters. The number of rotatable bonds is 3. The van der Waals surface area contributed by atoms with Crippen molar-refractivity contribution in [3.05, 3.63) is 59.9 Å². The highest BCUT2D eigenvalue weighted by Gasteiger charge is 2.40. The van der Waals surface area contributed by atoms with Crippen molar-refractivity contribution in [1.82, 2.24) is 10.3 Å². The Kier molecular flexibility index (Phi) is 2.99. The summed E-state index contributed by atoms with van der Waals surface area (Å²) < 4.78 is 6.02. The van der Waals surface area contributed by atoms with E-state index in [0.29, 0.717) is 0 Å². The molecule has 1 aliphatic rings. The fourth-order valence-electron chi connectivity index (χ4n) is 2.61. The maximum atomic E-state index is 6.02. The van der Waals surface area contributed by atoms with Gasteiger partial charge in [0.1, 0.15) is 11.4 Å². The average molecular weight is 254 g/mol. The Morgan fingerprint density at radius 1 is 1.21 bits per heavy atom. The maximum Gasteiger partial charge on any atom is 0.125 e. The summed E-state index contributed by atoms with van der Waals surface area (Å²) in [5.41, 5.74) is 2.19. The molecule has 1 aliphatic heterocycles. The Hall–Kier alpha value is -1.87. The quantitative estimate of drug-likeness (QED) is 0.914. The standard InChI is InChI=1S/C16H18N2O/c1-16(2)15(13-7-3-4-8-14(13)19-16)18-11-12-6-5-9-17-10-12/h3-10,15,18H,11H2,1-2H3. The molecule has 0 spiro atoms. The number of hydrogen-bond acceptors (Lipinski definition) is 3. The third kappa shape index (κ3) is 2.34. The lowest BCUT2D eigenvalue weighted by Gasteiger charge is -2.27. The Bertz CT molecular complexity index is 566. The second kappa shape index (κ2) is 4.67. The highest BCUT2D eigenvalue weighted by atomic mass is 16.5. The first kappa shape index (κ1) is 12.2. The van der Waals surface area contributed by atoms with Gasteiger partial charge in [-0.3, -0.25) is 4.98 Å². The van der Waals surface area contributed by atoms with E-state index in [1.807, 2.05) is 24.4 Å². The van der Waals surface area contributed by atoms with Gasteiger partial charge >= 0.3 is 0 Å². The first-order valence-corrected chi connectivity index (χ1v) is 6.57. The Morgan fingerprint density at radius 2 is 2.05 bits per heavy atom. The Balaban J connectivity index is 1.80. The average Bonchev–Trinajstić information content (AvgIpc) is 2.67. The van der Waals surface area contributed by atoms with Gasteiger partial charge in [0, 0.05) is 24.5 Å². The van der Waals surface area contributed by atoms with Crippen LogP contribution in [0.15, 0.2) is 48.8 Å². The van der Waals surface area contributed by atoms with Crippen LogP contribution in [0.25, 0.3) is 0 Å². The summed E-state index contributed by atoms with van der Waals surface area (Å²) >= 11 is 0. The molecule has 3 rings (SSSR count). The zero-order valence-electron chi connectivity index (χ0n) is 11.3. The van der Waals surface area contributed by atoms with E-state index in [1.54, 1.807) is 6.20 Å². The SMILES string of the molecule is CC1(C)Oc2ccccc2C1NCc1cccnc1. The van der Waals surface area contributed by atoms with E-state index in [9.17, 15) is 0 Å². The number of benzene rings is 1. The number of fused-ring (bicyclic) bond motifs is 1. The lowest BCUT2D eigenvalue weighted by molar-refractivity contribution is 0.0958. The molecule has 1 aromatic carbocycles. The normalized spacial score (nSPS) is 19.8. The van der Waals surface area contributed by atoms with Gasteiger partial charge in [-0.05, 0) is 31.5 Å². The fourth-order valence-corrected chi connectivity index (χ4v) is 2.61. The lowest BCUT2D eigenvalue weighted by Crippen LogP contribution is -2.38. The molecule has 0 aliphatic carbocycles. The molecule has 2 aromatic rings. The molecular formula is C16H18N2O. The second-order valence-electron chi connectivity index (χ2n) is 5.42. The molecule has 1 N–H and O–H groups in total. The van der Waals surface area contributed by atoms with Crippen LogP contribution in [-0.4, -0.2) is 10.6 Å². The second-order valence-corrected chi connectivity index (χ2v) is 5.42. The molecule has 19 heavy (non-hydrogen) atoms. The summed E-state index contributed by atoms with van der Waals surface area (Å²) in [7, 11) is 0. The van der Waals surface area contributed by atoms with E-state index in [0.717, 1.165) is 12.3 Å². The van der Waals surface area contributed by atoms with E-state index < -0.39 is 0 Å². The van der Waals surface area contributed by atoms with Crippen molar-refractivity contribution in [3.63, 3.8) is 0 Å². The van der Waals surface area contributed by atoms with Crippen molar-refractivity contribution >= 4 is 0 Å². The summed E-state index contributed by atoms with van der Waals surface area (Å²) in [5, 5.41) is 3.58. The number of ether oxygens (including phenoxy) is 1. The van der Waals surface area contributed by atoms with E-state index >= 15 is 0 Å². The molecule has 98 valence electrons. The molecule has 0 saturated heterocycles. The third-order valence-electron chi connectivity index (χ3n) is 3.53. The number of aromatic nitrogens is 1. The van der Waals surface area contributed by atoms with Gasteiger partial charge in [0.15, 0.2) is 0 Å². The van der Waals surface area contributed by atoms with Gasteiger partial charge < -0.3 is 10.1 Å². The van der Waals surface area contributed by atoms with Gasteiger partial charge in [0.2, 0.25) is 0 Å². The number of nitrogens with zero attached hydrogens (tertiary/aromatic N) is 1. The predicted molar refractivity (Wildman–Crippen MR) is 75.0 cm³/mol. The molecule has 0 amide bonds. The molecule has 0 bridgehead atoms. The molecule has 3 heteroatoms. The van der Waals surface area contributed by atoms with Crippen LogP contribution in [0.3, 0.4) is 0 Å². The van der Waals surface area contributed by atoms with Gasteiger partial charge in [-0.25, -0.2) is 0 Å². The first-order chi connectivity index (χ1) is 9.17. The molecule has 0 radical (unpaired) electrons. The fraction of sp³-hybridized carbons (Fsp3) is 0.312. The van der Waals surface area contributed by atoms with Crippen LogP contribution in [0.4, 0.5) is 0 Å². The van der Waals surface area contributed by atoms with Crippen LogP contribution in [0.1, 0.15) is 31.0 Å². The highest BCUT2D eigenvalue weighted by molar-refractivity contribution is 5.42. The van der Waals surface area contributed by atoms with Crippen molar-refractivity contribution in [3.8, 4) is 5.75 Å². The largest absolute Gasteiger partial charge is 0.486 e. The van der Waals surface area contributed by atoms with E-state index in [4.69, 9.17) is 4.74 Å². The van der Waals surface area contributed by atoms with Crippen LogP contribution < -0.4 is 10.1 Å². The van der Waals surface area contributed by atoms with Crippen LogP contribution in [0.5, 0.6) is 5.75 Å². The number of pyridine rings is 1. The minimum Gasteiger partial charge on any atom is -0.486 e. The van der Waals surface area contributed by atoms with E-state index in [2.05, 4.69) is 42.3 Å². The highest BCUT2D eigenvalue weighted by Crippen LogP contribution is 2.42. The molecule has 1 atom stereocenters. The van der Waals surface area contributed by atoms with Crippen molar-refractivity contribution in [1.29, 1.82) is 0 Å². The topological polar surface area (TPSA) is 34.1 Å². The first-order valence-electron chi connectivity index (χ1n) is 6.57. The lowest BCUT2D eigenvalue weighted by atomic mass is 9.94. The summed E-state index contributed by atoms with van der Waals surface area (Å²) in [4.78, 5) is 4.14. The van der Waals surface area contributed by atoms with Crippen molar-refractivity contribution in [2.24, 2.45) is 0 Å². The summed E-state index contributed by atoms with van der Waals surface area (Å²) in [6, 6.07) is 12.5. The van der Waals surface area contributed by atoms with Crippen molar-refractivity contribution < 1.29 is 4.74 Å². The third-order valence-corrected chi connectivity index (χ3v) is 3.53. The summed E-state index contributed by atoms with van der Waals surface area (Å²) in [6.07, 6.45) is 3.68. The van der Waals surface area contributed by atoms with Gasteiger partial charge in [-0.1, -0.05) is 24.3 Å². The molecule has 1 aromatic heterocycles. The van der Waals surface area contributed by atoms with Gasteiger partial charge in [0.05, 0.1) is 6.04 Å². The van der Waals surface area contributed by atoms with Crippen LogP contribution in [0.2, 0.25) is 0 Å². The minimum absolute atomic E-state index is 0.198. The number of hydrogen-bond donors (Lipinski definition) is 1. The minimum atomic E-state index is -0.230. The van der Waals surface area contributed by atoms with Crippen LogP contribution in [-0.2, 0) is 6.54 Å². The monoisotopic (exact) mass is 254 g/mol. The van der Waals surface area contributed by atoms with Crippen molar-refractivity contribution in [2.45, 2.75) is 32.0 Å². The summed E-state index contributed by atoms with van der Waals surface area (Å²) in [5.74, 6) is 0.983. The number of nitrogens with one attached hydrogen (secondary N) is 1. The van der Waals surface area contributed by atoms with E-state index in [-0.39, 0.29) is 11.6 Å². The van der Waals surface area contributed by atoms with Gasteiger partial charge in [0.25, 0.3) is 0 Å². The van der Waals surface area contributed by atoms with Crippen LogP contribution in [0, 0.1) is 0 Å². The predicted octanol–water partition coefficient (Wildman–Crippen LogP) is 3.08. The van der Waals surface area contributed by atoms with Gasteiger partial charge in [-0.2, -0.15) is 0 Å². The molecule has 3 nitrogen and oxygen atoms in total. The smallest absolute Gasteiger partial charge is 0.125 e. The molecule has 0 saturated carbocycles.